The third-order valence-corrected chi connectivity index (χ3v) is 4.39. The molecule has 1 aliphatic rings. The minimum atomic E-state index is -0.951. The van der Waals surface area contributed by atoms with E-state index in [1.54, 1.807) is 5.38 Å². The van der Waals surface area contributed by atoms with Crippen molar-refractivity contribution < 1.29 is 9.90 Å². The molecule has 2 aromatic rings. The molecule has 0 spiro atoms. The maximum absolute atomic E-state index is 10.8. The van der Waals surface area contributed by atoms with Gasteiger partial charge < -0.3 is 5.11 Å². The van der Waals surface area contributed by atoms with Gasteiger partial charge in [-0.1, -0.05) is 18.2 Å². The van der Waals surface area contributed by atoms with Crippen molar-refractivity contribution in [3.63, 3.8) is 0 Å². The van der Waals surface area contributed by atoms with Gasteiger partial charge in [-0.05, 0) is 42.4 Å². The number of fused-ring (bicyclic) bond motifs is 1. The van der Waals surface area contributed by atoms with E-state index >= 15 is 0 Å². The molecule has 3 nitrogen and oxygen atoms in total. The first-order chi connectivity index (χ1) is 9.22. The van der Waals surface area contributed by atoms with Crippen molar-refractivity contribution in [2.75, 3.05) is 0 Å². The summed E-state index contributed by atoms with van der Waals surface area (Å²) in [6.45, 7) is 0. The Bertz CT molecular complexity index is 618. The van der Waals surface area contributed by atoms with E-state index in [1.165, 1.54) is 53.7 Å². The second-order valence-corrected chi connectivity index (χ2v) is 5.86. The zero-order chi connectivity index (χ0) is 13.2. The molecule has 0 aliphatic heterocycles. The molecule has 0 atom stereocenters. The first kappa shape index (κ1) is 12.4. The lowest BCUT2D eigenvalue weighted by Crippen LogP contribution is -2.03. The van der Waals surface area contributed by atoms with Crippen LogP contribution in [0, 0.1) is 0 Å². The van der Waals surface area contributed by atoms with Gasteiger partial charge in [-0.25, -0.2) is 9.78 Å². The summed E-state index contributed by atoms with van der Waals surface area (Å²) >= 11 is 1.42. The number of carboxylic acid groups (broad SMARTS) is 1. The molecule has 0 saturated heterocycles. The summed E-state index contributed by atoms with van der Waals surface area (Å²) < 4.78 is 0. The second-order valence-electron chi connectivity index (χ2n) is 4.92. The second kappa shape index (κ2) is 5.13. The van der Waals surface area contributed by atoms with E-state index in [1.807, 2.05) is 0 Å². The van der Waals surface area contributed by atoms with Gasteiger partial charge in [-0.2, -0.15) is 0 Å². The van der Waals surface area contributed by atoms with Crippen molar-refractivity contribution in [2.45, 2.75) is 32.1 Å². The van der Waals surface area contributed by atoms with Crippen molar-refractivity contribution in [3.8, 4) is 0 Å². The third kappa shape index (κ3) is 2.68. The number of hydrogen-bond acceptors (Lipinski definition) is 3. The molecule has 98 valence electrons. The van der Waals surface area contributed by atoms with Crippen LogP contribution in [0.3, 0.4) is 0 Å². The Morgan fingerprint density at radius 2 is 2.05 bits per heavy atom. The van der Waals surface area contributed by atoms with Crippen molar-refractivity contribution in [1.29, 1.82) is 0 Å². The lowest BCUT2D eigenvalue weighted by Gasteiger charge is -2.16. The van der Waals surface area contributed by atoms with Crippen molar-refractivity contribution in [3.05, 3.63) is 51.0 Å². The molecule has 1 aromatic heterocycles. The minimum Gasteiger partial charge on any atom is -0.476 e. The zero-order valence-electron chi connectivity index (χ0n) is 10.6. The molecule has 19 heavy (non-hydrogen) atoms. The van der Waals surface area contributed by atoms with Crippen LogP contribution in [0.2, 0.25) is 0 Å². The summed E-state index contributed by atoms with van der Waals surface area (Å²) in [5.41, 5.74) is 4.31. The highest BCUT2D eigenvalue weighted by atomic mass is 32.1. The monoisotopic (exact) mass is 273 g/mol. The van der Waals surface area contributed by atoms with Crippen molar-refractivity contribution >= 4 is 17.3 Å². The molecule has 0 fully saturated rings. The van der Waals surface area contributed by atoms with Gasteiger partial charge in [0.25, 0.3) is 0 Å². The van der Waals surface area contributed by atoms with Crippen LogP contribution >= 0.6 is 11.3 Å². The minimum absolute atomic E-state index is 0.151. The number of aromatic carboxylic acids is 1. The van der Waals surface area contributed by atoms with Gasteiger partial charge >= 0.3 is 5.97 Å². The highest BCUT2D eigenvalue weighted by molar-refractivity contribution is 7.09. The number of aromatic nitrogens is 1. The van der Waals surface area contributed by atoms with E-state index in [-0.39, 0.29) is 5.69 Å². The van der Waals surface area contributed by atoms with Crippen LogP contribution in [0.15, 0.2) is 23.6 Å². The van der Waals surface area contributed by atoms with Crippen LogP contribution in [-0.4, -0.2) is 16.1 Å². The molecule has 0 radical (unpaired) electrons. The van der Waals surface area contributed by atoms with E-state index in [2.05, 4.69) is 23.2 Å². The maximum atomic E-state index is 10.8. The normalized spacial score (nSPS) is 14.1. The topological polar surface area (TPSA) is 50.2 Å². The van der Waals surface area contributed by atoms with Crippen LogP contribution in [0.1, 0.15) is 45.0 Å². The molecule has 0 amide bonds. The van der Waals surface area contributed by atoms with Gasteiger partial charge in [-0.15, -0.1) is 11.3 Å². The molecule has 0 saturated carbocycles. The SMILES string of the molecule is O=C(O)c1csc(Cc2ccc3c(c2)CCCC3)n1. The molecule has 0 unspecified atom stereocenters. The number of thiazole rings is 1. The molecule has 1 N–H and O–H groups in total. The van der Waals surface area contributed by atoms with Crippen LogP contribution in [0.25, 0.3) is 0 Å². The first-order valence-electron chi connectivity index (χ1n) is 6.51. The predicted octanol–water partition coefficient (Wildman–Crippen LogP) is 3.31. The zero-order valence-corrected chi connectivity index (χ0v) is 11.4. The van der Waals surface area contributed by atoms with Gasteiger partial charge in [0.1, 0.15) is 0 Å². The van der Waals surface area contributed by atoms with Crippen LogP contribution < -0.4 is 0 Å². The Kier molecular flexibility index (Phi) is 3.34. The van der Waals surface area contributed by atoms with Crippen LogP contribution in [0.5, 0.6) is 0 Å². The first-order valence-corrected chi connectivity index (χ1v) is 7.39. The lowest BCUT2D eigenvalue weighted by molar-refractivity contribution is 0.0691. The fraction of sp³-hybridized carbons (Fsp3) is 0.333. The summed E-state index contributed by atoms with van der Waals surface area (Å²) in [4.78, 5) is 14.9. The van der Waals surface area contributed by atoms with Crippen molar-refractivity contribution in [2.24, 2.45) is 0 Å². The largest absolute Gasteiger partial charge is 0.476 e. The average Bonchev–Trinajstić information content (AvgIpc) is 2.87. The van der Waals surface area contributed by atoms with Crippen LogP contribution in [0.4, 0.5) is 0 Å². The number of hydrogen-bond donors (Lipinski definition) is 1. The van der Waals surface area contributed by atoms with E-state index < -0.39 is 5.97 Å². The molecule has 4 heteroatoms. The fourth-order valence-corrected chi connectivity index (χ4v) is 3.36. The summed E-state index contributed by atoms with van der Waals surface area (Å²) in [6, 6.07) is 6.62. The quantitative estimate of drug-likeness (QED) is 0.933. The smallest absolute Gasteiger partial charge is 0.355 e. The summed E-state index contributed by atoms with van der Waals surface area (Å²) in [5, 5.41) is 11.3. The Hall–Kier alpha value is -1.68. The van der Waals surface area contributed by atoms with Gasteiger partial charge in [0, 0.05) is 11.8 Å². The van der Waals surface area contributed by atoms with Gasteiger partial charge in [0.2, 0.25) is 0 Å². The molecule has 1 aliphatic carbocycles. The summed E-state index contributed by atoms with van der Waals surface area (Å²) in [6.07, 6.45) is 5.65. The molecular weight excluding hydrogens is 258 g/mol. The number of carbonyl (C=O) groups is 1. The van der Waals surface area contributed by atoms with Gasteiger partial charge in [-0.3, -0.25) is 0 Å². The average molecular weight is 273 g/mol. The van der Waals surface area contributed by atoms with Gasteiger partial charge in [0.15, 0.2) is 5.69 Å². The highest BCUT2D eigenvalue weighted by Crippen LogP contribution is 2.24. The maximum Gasteiger partial charge on any atom is 0.355 e. The Balaban J connectivity index is 1.80. The van der Waals surface area contributed by atoms with Crippen molar-refractivity contribution in [1.82, 2.24) is 4.98 Å². The van der Waals surface area contributed by atoms with Crippen LogP contribution in [-0.2, 0) is 19.3 Å². The van der Waals surface area contributed by atoms with E-state index in [4.69, 9.17) is 5.11 Å². The Labute approximate surface area is 115 Å². The Morgan fingerprint density at radius 3 is 2.79 bits per heavy atom. The number of aryl methyl sites for hydroxylation is 2. The van der Waals surface area contributed by atoms with E-state index in [9.17, 15) is 4.79 Å². The van der Waals surface area contributed by atoms with Gasteiger partial charge in [0.05, 0.1) is 5.01 Å². The molecule has 1 aromatic carbocycles. The summed E-state index contributed by atoms with van der Waals surface area (Å²) in [7, 11) is 0. The standard InChI is InChI=1S/C15H15NO2S/c17-15(18)13-9-19-14(16-13)8-10-5-6-11-3-1-2-4-12(11)7-10/h5-7,9H,1-4,8H2,(H,17,18). The Morgan fingerprint density at radius 1 is 1.26 bits per heavy atom. The summed E-state index contributed by atoms with van der Waals surface area (Å²) in [5.74, 6) is -0.951. The number of carboxylic acids is 1. The number of nitrogens with zero attached hydrogens (tertiary/aromatic N) is 1. The number of benzene rings is 1. The third-order valence-electron chi connectivity index (χ3n) is 3.54. The molecular formula is C15H15NO2S. The lowest BCUT2D eigenvalue weighted by atomic mass is 9.90. The molecule has 1 heterocycles. The highest BCUT2D eigenvalue weighted by Gasteiger charge is 2.12. The van der Waals surface area contributed by atoms with E-state index in [0.717, 1.165) is 11.4 Å². The fourth-order valence-electron chi connectivity index (χ4n) is 2.56. The molecule has 3 rings (SSSR count). The van der Waals surface area contributed by atoms with E-state index in [0.29, 0.717) is 0 Å². The molecule has 0 bridgehead atoms. The number of rotatable bonds is 3. The predicted molar refractivity (Wildman–Crippen MR) is 75.0 cm³/mol.